The standard InChI is InChI=1S/C12H16ClN5O/c1-17(8-10-19-9-7-13)12-14-15-16-18(12)11-5-3-2-4-6-11/h2-6H,7-10H2,1H3. The Hall–Kier alpha value is -1.66. The lowest BCUT2D eigenvalue weighted by atomic mass is 10.3. The number of benzene rings is 1. The van der Waals surface area contributed by atoms with Gasteiger partial charge in [0.05, 0.1) is 18.9 Å². The van der Waals surface area contributed by atoms with Gasteiger partial charge in [-0.25, -0.2) is 0 Å². The summed E-state index contributed by atoms with van der Waals surface area (Å²) in [5.74, 6) is 1.19. The van der Waals surface area contributed by atoms with Gasteiger partial charge in [0.15, 0.2) is 0 Å². The van der Waals surface area contributed by atoms with Gasteiger partial charge in [-0.2, -0.15) is 4.68 Å². The molecular weight excluding hydrogens is 266 g/mol. The molecule has 0 fully saturated rings. The van der Waals surface area contributed by atoms with Crippen molar-refractivity contribution in [3.05, 3.63) is 30.3 Å². The number of aromatic nitrogens is 4. The highest BCUT2D eigenvalue weighted by atomic mass is 35.5. The van der Waals surface area contributed by atoms with Gasteiger partial charge < -0.3 is 9.64 Å². The first-order valence-corrected chi connectivity index (χ1v) is 6.55. The van der Waals surface area contributed by atoms with Gasteiger partial charge in [-0.3, -0.25) is 0 Å². The van der Waals surface area contributed by atoms with Crippen molar-refractivity contribution in [2.45, 2.75) is 0 Å². The van der Waals surface area contributed by atoms with E-state index in [1.165, 1.54) is 0 Å². The summed E-state index contributed by atoms with van der Waals surface area (Å²) in [6.07, 6.45) is 0. The van der Waals surface area contributed by atoms with E-state index in [0.717, 1.165) is 5.69 Å². The summed E-state index contributed by atoms with van der Waals surface area (Å²) in [6, 6.07) is 9.77. The van der Waals surface area contributed by atoms with E-state index in [-0.39, 0.29) is 0 Å². The minimum Gasteiger partial charge on any atom is -0.378 e. The number of halogens is 1. The monoisotopic (exact) mass is 281 g/mol. The maximum absolute atomic E-state index is 5.55. The molecule has 1 heterocycles. The maximum atomic E-state index is 5.55. The fourth-order valence-electron chi connectivity index (χ4n) is 1.61. The van der Waals surface area contributed by atoms with E-state index < -0.39 is 0 Å². The SMILES string of the molecule is CN(CCOCCCl)c1nnnn1-c1ccccc1. The van der Waals surface area contributed by atoms with Crippen LogP contribution in [0.5, 0.6) is 0 Å². The van der Waals surface area contributed by atoms with Crippen LogP contribution in [0.4, 0.5) is 5.95 Å². The molecule has 0 unspecified atom stereocenters. The lowest BCUT2D eigenvalue weighted by molar-refractivity contribution is 0.156. The largest absolute Gasteiger partial charge is 0.378 e. The Morgan fingerprint density at radius 1 is 1.26 bits per heavy atom. The number of tetrazole rings is 1. The van der Waals surface area contributed by atoms with Crippen molar-refractivity contribution in [3.8, 4) is 5.69 Å². The van der Waals surface area contributed by atoms with E-state index in [9.17, 15) is 0 Å². The molecule has 7 heteroatoms. The minimum absolute atomic E-state index is 0.505. The number of hydrogen-bond donors (Lipinski definition) is 0. The quantitative estimate of drug-likeness (QED) is 0.566. The van der Waals surface area contributed by atoms with E-state index in [1.807, 2.05) is 42.3 Å². The molecule has 2 aromatic rings. The summed E-state index contributed by atoms with van der Waals surface area (Å²) in [7, 11) is 1.93. The lowest BCUT2D eigenvalue weighted by Crippen LogP contribution is -2.26. The predicted octanol–water partition coefficient (Wildman–Crippen LogP) is 1.35. The van der Waals surface area contributed by atoms with Crippen molar-refractivity contribution in [1.29, 1.82) is 0 Å². The third kappa shape index (κ3) is 3.65. The number of alkyl halides is 1. The molecule has 0 saturated carbocycles. The Labute approximate surface area is 116 Å². The third-order valence-corrected chi connectivity index (χ3v) is 2.74. The minimum atomic E-state index is 0.505. The van der Waals surface area contributed by atoms with Crippen LogP contribution in [0.2, 0.25) is 0 Å². The van der Waals surface area contributed by atoms with Crippen molar-refractivity contribution < 1.29 is 4.74 Å². The molecule has 1 aromatic heterocycles. The fourth-order valence-corrected chi connectivity index (χ4v) is 1.72. The van der Waals surface area contributed by atoms with Crippen LogP contribution in [0.1, 0.15) is 0 Å². The van der Waals surface area contributed by atoms with Gasteiger partial charge in [-0.05, 0) is 22.6 Å². The zero-order valence-corrected chi connectivity index (χ0v) is 11.5. The molecular formula is C12H16ClN5O. The summed E-state index contributed by atoms with van der Waals surface area (Å²) in [6.45, 7) is 1.84. The molecule has 0 aliphatic heterocycles. The highest BCUT2D eigenvalue weighted by molar-refractivity contribution is 6.17. The Morgan fingerprint density at radius 2 is 2.05 bits per heavy atom. The molecule has 1 aromatic carbocycles. The van der Waals surface area contributed by atoms with Crippen molar-refractivity contribution in [2.24, 2.45) is 0 Å². The number of ether oxygens (including phenoxy) is 1. The molecule has 0 spiro atoms. The number of anilines is 1. The Kier molecular flexibility index (Phi) is 5.11. The predicted molar refractivity (Wildman–Crippen MR) is 74.0 cm³/mol. The molecule has 102 valence electrons. The molecule has 0 aliphatic carbocycles. The molecule has 0 N–H and O–H groups in total. The van der Waals surface area contributed by atoms with Gasteiger partial charge in [-0.15, -0.1) is 11.6 Å². The molecule has 0 bridgehead atoms. The van der Waals surface area contributed by atoms with Crippen LogP contribution in [-0.2, 0) is 4.74 Å². The van der Waals surface area contributed by atoms with E-state index in [0.29, 0.717) is 31.6 Å². The van der Waals surface area contributed by atoms with Crippen LogP contribution >= 0.6 is 11.6 Å². The van der Waals surface area contributed by atoms with Crippen molar-refractivity contribution in [3.63, 3.8) is 0 Å². The number of rotatable bonds is 7. The lowest BCUT2D eigenvalue weighted by Gasteiger charge is -2.17. The summed E-state index contributed by atoms with van der Waals surface area (Å²) < 4.78 is 7.04. The van der Waals surface area contributed by atoms with Crippen LogP contribution in [0.15, 0.2) is 30.3 Å². The highest BCUT2D eigenvalue weighted by Crippen LogP contribution is 2.13. The number of likely N-dealkylation sites (N-methyl/N-ethyl adjacent to an activating group) is 1. The second-order valence-corrected chi connectivity index (χ2v) is 4.33. The van der Waals surface area contributed by atoms with Gasteiger partial charge in [0.25, 0.3) is 0 Å². The molecule has 0 amide bonds. The van der Waals surface area contributed by atoms with Gasteiger partial charge in [-0.1, -0.05) is 23.3 Å². The first-order chi connectivity index (χ1) is 9.33. The smallest absolute Gasteiger partial charge is 0.250 e. The van der Waals surface area contributed by atoms with Crippen LogP contribution in [-0.4, -0.2) is 52.9 Å². The molecule has 2 rings (SSSR count). The van der Waals surface area contributed by atoms with Gasteiger partial charge in [0.2, 0.25) is 5.95 Å². The summed E-state index contributed by atoms with van der Waals surface area (Å²) >= 11 is 5.55. The normalized spacial score (nSPS) is 10.6. The number of hydrogen-bond acceptors (Lipinski definition) is 5. The molecule has 6 nitrogen and oxygen atoms in total. The second-order valence-electron chi connectivity index (χ2n) is 3.95. The zero-order chi connectivity index (χ0) is 13.5. The Morgan fingerprint density at radius 3 is 2.79 bits per heavy atom. The molecule has 0 aliphatic rings. The van der Waals surface area contributed by atoms with Crippen molar-refractivity contribution >= 4 is 17.5 Å². The zero-order valence-electron chi connectivity index (χ0n) is 10.7. The van der Waals surface area contributed by atoms with E-state index in [1.54, 1.807) is 4.68 Å². The maximum Gasteiger partial charge on any atom is 0.250 e. The van der Waals surface area contributed by atoms with Gasteiger partial charge in [0.1, 0.15) is 0 Å². The van der Waals surface area contributed by atoms with Crippen LogP contribution < -0.4 is 4.90 Å². The first kappa shape index (κ1) is 13.8. The molecule has 19 heavy (non-hydrogen) atoms. The third-order valence-electron chi connectivity index (χ3n) is 2.59. The van der Waals surface area contributed by atoms with E-state index in [2.05, 4.69) is 15.5 Å². The molecule has 0 atom stereocenters. The average Bonchev–Trinajstić information content (AvgIpc) is 2.94. The second kappa shape index (κ2) is 7.06. The van der Waals surface area contributed by atoms with Crippen LogP contribution in [0.25, 0.3) is 5.69 Å². The number of para-hydroxylation sites is 1. The van der Waals surface area contributed by atoms with Gasteiger partial charge >= 0.3 is 0 Å². The summed E-state index contributed by atoms with van der Waals surface area (Å²) in [5.41, 5.74) is 0.927. The van der Waals surface area contributed by atoms with Crippen LogP contribution in [0, 0.1) is 0 Å². The molecule has 0 radical (unpaired) electrons. The summed E-state index contributed by atoms with van der Waals surface area (Å²) in [4.78, 5) is 1.95. The highest BCUT2D eigenvalue weighted by Gasteiger charge is 2.12. The van der Waals surface area contributed by atoms with E-state index in [4.69, 9.17) is 16.3 Å². The molecule has 0 saturated heterocycles. The first-order valence-electron chi connectivity index (χ1n) is 6.01. The van der Waals surface area contributed by atoms with Gasteiger partial charge in [0, 0.05) is 19.5 Å². The van der Waals surface area contributed by atoms with E-state index >= 15 is 0 Å². The average molecular weight is 282 g/mol. The van der Waals surface area contributed by atoms with Crippen molar-refractivity contribution in [1.82, 2.24) is 20.2 Å². The summed E-state index contributed by atoms with van der Waals surface area (Å²) in [5, 5.41) is 11.8. The Balaban J connectivity index is 2.03. The topological polar surface area (TPSA) is 56.1 Å². The van der Waals surface area contributed by atoms with Crippen molar-refractivity contribution in [2.75, 3.05) is 37.6 Å². The van der Waals surface area contributed by atoms with Crippen LogP contribution in [0.3, 0.4) is 0 Å². The number of nitrogens with zero attached hydrogens (tertiary/aromatic N) is 5. The fraction of sp³-hybridized carbons (Fsp3) is 0.417. The Bertz CT molecular complexity index is 490.